The zero-order valence-electron chi connectivity index (χ0n) is 12.7. The molecule has 8 nitrogen and oxygen atoms in total. The average Bonchev–Trinajstić information content (AvgIpc) is 3.07. The first-order chi connectivity index (χ1) is 10.5. The zero-order valence-corrected chi connectivity index (χ0v) is 12.7. The van der Waals surface area contributed by atoms with Gasteiger partial charge in [-0.15, -0.1) is 0 Å². The smallest absolute Gasteiger partial charge is 0.257 e. The SMILES string of the molecule is Cc1cc(C)n2ncc(C(=O)N[C@H](C)Cn3cncn3)c2n1. The van der Waals surface area contributed by atoms with Gasteiger partial charge in [0.1, 0.15) is 18.2 Å². The molecule has 3 rings (SSSR count). The Balaban J connectivity index is 1.80. The second-order valence-electron chi connectivity index (χ2n) is 5.32. The number of aryl methyl sites for hydroxylation is 2. The van der Waals surface area contributed by atoms with Crippen molar-refractivity contribution in [2.24, 2.45) is 0 Å². The fourth-order valence-corrected chi connectivity index (χ4v) is 2.39. The summed E-state index contributed by atoms with van der Waals surface area (Å²) >= 11 is 0. The summed E-state index contributed by atoms with van der Waals surface area (Å²) < 4.78 is 3.34. The Morgan fingerprint density at radius 2 is 2.18 bits per heavy atom. The lowest BCUT2D eigenvalue weighted by atomic mass is 10.2. The zero-order chi connectivity index (χ0) is 15.7. The van der Waals surface area contributed by atoms with Crippen LogP contribution in [0.3, 0.4) is 0 Å². The molecule has 114 valence electrons. The molecule has 0 radical (unpaired) electrons. The monoisotopic (exact) mass is 299 g/mol. The van der Waals surface area contributed by atoms with Crippen LogP contribution in [0, 0.1) is 13.8 Å². The number of rotatable bonds is 4. The fourth-order valence-electron chi connectivity index (χ4n) is 2.39. The van der Waals surface area contributed by atoms with E-state index in [1.54, 1.807) is 21.7 Å². The predicted octanol–water partition coefficient (Wildman–Crippen LogP) is 0.756. The van der Waals surface area contributed by atoms with E-state index in [1.807, 2.05) is 26.8 Å². The second-order valence-corrected chi connectivity index (χ2v) is 5.32. The molecule has 8 heteroatoms. The molecule has 0 saturated carbocycles. The highest BCUT2D eigenvalue weighted by Crippen LogP contribution is 2.12. The molecular formula is C14H17N7O. The maximum Gasteiger partial charge on any atom is 0.257 e. The first-order valence-corrected chi connectivity index (χ1v) is 7.00. The Morgan fingerprint density at radius 3 is 2.91 bits per heavy atom. The lowest BCUT2D eigenvalue weighted by Gasteiger charge is -2.13. The molecule has 0 fully saturated rings. The molecule has 1 N–H and O–H groups in total. The molecular weight excluding hydrogens is 282 g/mol. The minimum absolute atomic E-state index is 0.0879. The molecule has 0 bridgehead atoms. The summed E-state index contributed by atoms with van der Waals surface area (Å²) in [4.78, 5) is 20.7. The largest absolute Gasteiger partial charge is 0.348 e. The molecule has 0 saturated heterocycles. The first kappa shape index (κ1) is 14.2. The van der Waals surface area contributed by atoms with Crippen LogP contribution >= 0.6 is 0 Å². The van der Waals surface area contributed by atoms with Gasteiger partial charge in [-0.3, -0.25) is 9.48 Å². The van der Waals surface area contributed by atoms with Gasteiger partial charge in [0.05, 0.1) is 12.7 Å². The number of amides is 1. The van der Waals surface area contributed by atoms with Gasteiger partial charge in [0.2, 0.25) is 0 Å². The minimum Gasteiger partial charge on any atom is -0.348 e. The Labute approximate surface area is 127 Å². The summed E-state index contributed by atoms with van der Waals surface area (Å²) in [6, 6.07) is 1.84. The number of carbonyl (C=O) groups excluding carboxylic acids is 1. The lowest BCUT2D eigenvalue weighted by Crippen LogP contribution is -2.35. The van der Waals surface area contributed by atoms with Gasteiger partial charge in [-0.25, -0.2) is 14.5 Å². The van der Waals surface area contributed by atoms with E-state index in [0.717, 1.165) is 11.4 Å². The molecule has 0 aromatic carbocycles. The summed E-state index contributed by atoms with van der Waals surface area (Å²) in [5.74, 6) is -0.194. The van der Waals surface area contributed by atoms with Crippen molar-refractivity contribution in [2.75, 3.05) is 0 Å². The second kappa shape index (κ2) is 5.55. The molecule has 0 aliphatic heterocycles. The Morgan fingerprint density at radius 1 is 1.36 bits per heavy atom. The molecule has 0 aliphatic carbocycles. The molecule has 22 heavy (non-hydrogen) atoms. The Hall–Kier alpha value is -2.77. The van der Waals surface area contributed by atoms with E-state index in [9.17, 15) is 4.79 Å². The van der Waals surface area contributed by atoms with Gasteiger partial charge in [-0.1, -0.05) is 0 Å². The van der Waals surface area contributed by atoms with Gasteiger partial charge >= 0.3 is 0 Å². The minimum atomic E-state index is -0.194. The van der Waals surface area contributed by atoms with Gasteiger partial charge in [0.25, 0.3) is 5.91 Å². The lowest BCUT2D eigenvalue weighted by molar-refractivity contribution is 0.0937. The summed E-state index contributed by atoms with van der Waals surface area (Å²) in [7, 11) is 0. The van der Waals surface area contributed by atoms with E-state index in [-0.39, 0.29) is 11.9 Å². The van der Waals surface area contributed by atoms with E-state index < -0.39 is 0 Å². The van der Waals surface area contributed by atoms with Crippen molar-refractivity contribution < 1.29 is 4.79 Å². The molecule has 3 heterocycles. The van der Waals surface area contributed by atoms with Gasteiger partial charge < -0.3 is 5.32 Å². The van der Waals surface area contributed by atoms with E-state index in [1.165, 1.54) is 6.33 Å². The average molecular weight is 299 g/mol. The van der Waals surface area contributed by atoms with Gasteiger partial charge in [-0.05, 0) is 26.8 Å². The third kappa shape index (κ3) is 2.67. The number of nitrogens with one attached hydrogen (secondary N) is 1. The van der Waals surface area contributed by atoms with Crippen LogP contribution in [0.15, 0.2) is 24.9 Å². The van der Waals surface area contributed by atoms with Crippen molar-refractivity contribution in [2.45, 2.75) is 33.4 Å². The van der Waals surface area contributed by atoms with Crippen LogP contribution in [0.25, 0.3) is 5.65 Å². The number of fused-ring (bicyclic) bond motifs is 1. The van der Waals surface area contributed by atoms with Crippen molar-refractivity contribution in [3.63, 3.8) is 0 Å². The molecule has 1 amide bonds. The van der Waals surface area contributed by atoms with Gasteiger partial charge in [-0.2, -0.15) is 10.2 Å². The summed E-state index contributed by atoms with van der Waals surface area (Å²) in [5, 5.41) is 11.2. The Bertz CT molecular complexity index is 806. The van der Waals surface area contributed by atoms with Crippen molar-refractivity contribution in [1.82, 2.24) is 34.7 Å². The molecule has 1 atom stereocenters. The van der Waals surface area contributed by atoms with Crippen molar-refractivity contribution in [3.8, 4) is 0 Å². The third-order valence-corrected chi connectivity index (χ3v) is 3.33. The van der Waals surface area contributed by atoms with Crippen LogP contribution in [0.2, 0.25) is 0 Å². The fraction of sp³-hybridized carbons (Fsp3) is 0.357. The molecule has 3 aromatic rings. The highest BCUT2D eigenvalue weighted by molar-refractivity contribution is 5.99. The standard InChI is InChI=1S/C14H17N7O/c1-9-4-11(3)21-13(18-9)12(5-16-21)14(22)19-10(2)6-20-8-15-7-17-20/h4-5,7-8,10H,6H2,1-3H3,(H,19,22)/t10-/m1/s1. The number of hydrogen-bond donors (Lipinski definition) is 1. The topological polar surface area (TPSA) is 90.0 Å². The van der Waals surface area contributed by atoms with Gasteiger partial charge in [0.15, 0.2) is 5.65 Å². The van der Waals surface area contributed by atoms with Crippen molar-refractivity contribution >= 4 is 11.6 Å². The molecule has 0 spiro atoms. The van der Waals surface area contributed by atoms with Crippen LogP contribution in [-0.4, -0.2) is 41.3 Å². The number of nitrogens with zero attached hydrogens (tertiary/aromatic N) is 6. The highest BCUT2D eigenvalue weighted by Gasteiger charge is 2.17. The maximum atomic E-state index is 12.4. The van der Waals surface area contributed by atoms with E-state index in [4.69, 9.17) is 0 Å². The number of aromatic nitrogens is 6. The summed E-state index contributed by atoms with van der Waals surface area (Å²) in [6.45, 7) is 6.30. The third-order valence-electron chi connectivity index (χ3n) is 3.33. The van der Waals surface area contributed by atoms with E-state index in [0.29, 0.717) is 17.8 Å². The van der Waals surface area contributed by atoms with Crippen molar-refractivity contribution in [3.05, 3.63) is 41.9 Å². The van der Waals surface area contributed by atoms with Crippen LogP contribution < -0.4 is 5.32 Å². The van der Waals surface area contributed by atoms with Crippen molar-refractivity contribution in [1.29, 1.82) is 0 Å². The summed E-state index contributed by atoms with van der Waals surface area (Å²) in [6.07, 6.45) is 4.63. The van der Waals surface area contributed by atoms with Gasteiger partial charge in [0, 0.05) is 17.4 Å². The van der Waals surface area contributed by atoms with Crippen LogP contribution in [0.1, 0.15) is 28.7 Å². The predicted molar refractivity (Wildman–Crippen MR) is 79.4 cm³/mol. The van der Waals surface area contributed by atoms with Crippen LogP contribution in [0.5, 0.6) is 0 Å². The summed E-state index contributed by atoms with van der Waals surface area (Å²) in [5.41, 5.74) is 2.84. The Kier molecular flexibility index (Phi) is 3.58. The quantitative estimate of drug-likeness (QED) is 0.768. The molecule has 0 unspecified atom stereocenters. The van der Waals surface area contributed by atoms with E-state index in [2.05, 4.69) is 25.5 Å². The number of carbonyl (C=O) groups is 1. The number of hydrogen-bond acceptors (Lipinski definition) is 5. The maximum absolute atomic E-state index is 12.4. The van der Waals surface area contributed by atoms with Crippen LogP contribution in [0.4, 0.5) is 0 Å². The normalized spacial score (nSPS) is 12.5. The molecule has 0 aliphatic rings. The van der Waals surface area contributed by atoms with E-state index >= 15 is 0 Å². The first-order valence-electron chi connectivity index (χ1n) is 7.00. The van der Waals surface area contributed by atoms with Crippen LogP contribution in [-0.2, 0) is 6.54 Å². The molecule has 3 aromatic heterocycles. The highest BCUT2D eigenvalue weighted by atomic mass is 16.1.